The van der Waals surface area contributed by atoms with Crippen molar-refractivity contribution < 1.29 is 20.1 Å². The van der Waals surface area contributed by atoms with Gasteiger partial charge in [0.2, 0.25) is 5.91 Å². The lowest BCUT2D eigenvalue weighted by Gasteiger charge is -2.21. The van der Waals surface area contributed by atoms with Crippen LogP contribution in [0.5, 0.6) is 0 Å². The maximum atomic E-state index is 12.4. The Kier molecular flexibility index (Phi) is 42.1. The highest BCUT2D eigenvalue weighted by molar-refractivity contribution is 5.80. The van der Waals surface area contributed by atoms with E-state index in [4.69, 9.17) is 0 Å². The molecule has 5 nitrogen and oxygen atoms in total. The highest BCUT2D eigenvalue weighted by Crippen LogP contribution is 2.16. The highest BCUT2D eigenvalue weighted by atomic mass is 16.3. The first-order valence-corrected chi connectivity index (χ1v) is 23.3. The fraction of sp³-hybridized carbons (Fsp3) is 0.854. The lowest BCUT2D eigenvalue weighted by Crippen LogP contribution is -2.48. The van der Waals surface area contributed by atoms with Crippen molar-refractivity contribution >= 4 is 5.91 Å². The summed E-state index contributed by atoms with van der Waals surface area (Å²) >= 11 is 0. The van der Waals surface area contributed by atoms with Gasteiger partial charge in [0.1, 0.15) is 6.10 Å². The van der Waals surface area contributed by atoms with Crippen LogP contribution in [0.4, 0.5) is 0 Å². The molecule has 0 aromatic carbocycles. The molecular formula is C48H91NO4. The molecule has 1 amide bonds. The predicted molar refractivity (Wildman–Crippen MR) is 231 cm³/mol. The van der Waals surface area contributed by atoms with E-state index in [-0.39, 0.29) is 6.61 Å². The SMILES string of the molecule is CCCCCC/C=C/CC/C=C/C(O)C(CO)NC(=O)C(O)CCCCCCCCCCCCCCC/C=C\CCCCCCCCCCCCCC. The van der Waals surface area contributed by atoms with Crippen LogP contribution in [0.2, 0.25) is 0 Å². The molecule has 0 fully saturated rings. The van der Waals surface area contributed by atoms with Crippen LogP contribution in [0, 0.1) is 0 Å². The summed E-state index contributed by atoms with van der Waals surface area (Å²) in [5.41, 5.74) is 0. The lowest BCUT2D eigenvalue weighted by atomic mass is 10.0. The molecule has 0 aliphatic carbocycles. The fourth-order valence-corrected chi connectivity index (χ4v) is 7.02. The molecule has 0 aliphatic rings. The maximum absolute atomic E-state index is 12.4. The van der Waals surface area contributed by atoms with Gasteiger partial charge in [-0.25, -0.2) is 0 Å². The molecule has 0 bridgehead atoms. The average molecular weight is 746 g/mol. The van der Waals surface area contributed by atoms with Crippen molar-refractivity contribution in [3.8, 4) is 0 Å². The molecule has 312 valence electrons. The number of amides is 1. The minimum Gasteiger partial charge on any atom is -0.394 e. The van der Waals surface area contributed by atoms with Crippen molar-refractivity contribution in [1.82, 2.24) is 5.32 Å². The predicted octanol–water partition coefficient (Wildman–Crippen LogP) is 13.5. The third-order valence-corrected chi connectivity index (χ3v) is 10.7. The Morgan fingerprint density at radius 3 is 1.17 bits per heavy atom. The number of aliphatic hydroxyl groups is 3. The Morgan fingerprint density at radius 1 is 0.453 bits per heavy atom. The van der Waals surface area contributed by atoms with Gasteiger partial charge in [-0.2, -0.15) is 0 Å². The summed E-state index contributed by atoms with van der Waals surface area (Å²) < 4.78 is 0. The molecule has 3 unspecified atom stereocenters. The van der Waals surface area contributed by atoms with Crippen molar-refractivity contribution in [2.24, 2.45) is 0 Å². The number of carbonyl (C=O) groups excluding carboxylic acids is 1. The third-order valence-electron chi connectivity index (χ3n) is 10.7. The van der Waals surface area contributed by atoms with Crippen molar-refractivity contribution in [2.45, 2.75) is 257 Å². The van der Waals surface area contributed by atoms with Gasteiger partial charge in [0.05, 0.1) is 18.8 Å². The van der Waals surface area contributed by atoms with Gasteiger partial charge in [-0.05, 0) is 57.8 Å². The van der Waals surface area contributed by atoms with Crippen LogP contribution in [0.1, 0.15) is 239 Å². The molecule has 53 heavy (non-hydrogen) atoms. The number of rotatable bonds is 42. The normalized spacial score (nSPS) is 13.8. The Labute approximate surface area is 330 Å². The summed E-state index contributed by atoms with van der Waals surface area (Å²) in [6, 6.07) is -0.812. The molecule has 0 aromatic heterocycles. The minimum absolute atomic E-state index is 0.376. The van der Waals surface area contributed by atoms with Gasteiger partial charge in [-0.15, -0.1) is 0 Å². The summed E-state index contributed by atoms with van der Waals surface area (Å²) in [4.78, 5) is 12.4. The van der Waals surface area contributed by atoms with Gasteiger partial charge in [-0.3, -0.25) is 4.79 Å². The standard InChI is InChI=1S/C48H91NO4/c1-3-5-7-9-11-13-15-16-17-18-19-20-21-22-23-24-25-26-27-28-29-30-31-32-33-35-37-39-41-43-47(52)48(53)49-45(44-50)46(51)42-40-38-36-34-14-12-10-8-6-4-2/h14,22-23,34,40,42,45-47,50-52H,3-13,15-21,24-33,35-39,41,43-44H2,1-2H3,(H,49,53)/b23-22-,34-14+,42-40+. The van der Waals surface area contributed by atoms with E-state index in [9.17, 15) is 20.1 Å². The smallest absolute Gasteiger partial charge is 0.249 e. The van der Waals surface area contributed by atoms with Gasteiger partial charge in [-0.1, -0.05) is 217 Å². The molecular weight excluding hydrogens is 655 g/mol. The largest absolute Gasteiger partial charge is 0.394 e. The zero-order valence-electron chi connectivity index (χ0n) is 35.4. The zero-order chi connectivity index (χ0) is 38.7. The van der Waals surface area contributed by atoms with Crippen molar-refractivity contribution in [2.75, 3.05) is 6.61 Å². The van der Waals surface area contributed by atoms with Crippen LogP contribution in [0.25, 0.3) is 0 Å². The van der Waals surface area contributed by atoms with Crippen LogP contribution in [0.15, 0.2) is 36.5 Å². The topological polar surface area (TPSA) is 89.8 Å². The van der Waals surface area contributed by atoms with Gasteiger partial charge in [0.15, 0.2) is 0 Å². The molecule has 0 spiro atoms. The average Bonchev–Trinajstić information content (AvgIpc) is 3.16. The molecule has 4 N–H and O–H groups in total. The Bertz CT molecular complexity index is 824. The van der Waals surface area contributed by atoms with Crippen LogP contribution in [-0.4, -0.2) is 46.1 Å². The van der Waals surface area contributed by atoms with Crippen LogP contribution >= 0.6 is 0 Å². The van der Waals surface area contributed by atoms with Crippen molar-refractivity contribution in [3.63, 3.8) is 0 Å². The molecule has 5 heteroatoms. The first kappa shape index (κ1) is 51.6. The number of hydrogen-bond acceptors (Lipinski definition) is 4. The fourth-order valence-electron chi connectivity index (χ4n) is 7.02. The van der Waals surface area contributed by atoms with E-state index in [2.05, 4.69) is 43.5 Å². The van der Waals surface area contributed by atoms with E-state index in [1.807, 2.05) is 6.08 Å². The van der Waals surface area contributed by atoms with Crippen molar-refractivity contribution in [1.29, 1.82) is 0 Å². The summed E-state index contributed by atoms with van der Waals surface area (Å²) in [5.74, 6) is -0.514. The van der Waals surface area contributed by atoms with Crippen LogP contribution in [0.3, 0.4) is 0 Å². The quantitative estimate of drug-likeness (QED) is 0.0370. The highest BCUT2D eigenvalue weighted by Gasteiger charge is 2.22. The summed E-state index contributed by atoms with van der Waals surface area (Å²) in [5, 5.41) is 33.0. The number of allylic oxidation sites excluding steroid dienone is 5. The van der Waals surface area contributed by atoms with Crippen LogP contribution < -0.4 is 5.32 Å². The first-order valence-electron chi connectivity index (χ1n) is 23.3. The zero-order valence-corrected chi connectivity index (χ0v) is 35.4. The van der Waals surface area contributed by atoms with E-state index in [0.29, 0.717) is 6.42 Å². The molecule has 0 saturated carbocycles. The number of nitrogens with one attached hydrogen (secondary N) is 1. The lowest BCUT2D eigenvalue weighted by molar-refractivity contribution is -0.131. The molecule has 0 radical (unpaired) electrons. The number of unbranched alkanes of at least 4 members (excludes halogenated alkanes) is 30. The molecule has 0 saturated heterocycles. The molecule has 0 heterocycles. The Morgan fingerprint density at radius 2 is 0.774 bits per heavy atom. The third kappa shape index (κ3) is 38.6. The second-order valence-electron chi connectivity index (χ2n) is 16.0. The van der Waals surface area contributed by atoms with E-state index in [0.717, 1.165) is 38.5 Å². The van der Waals surface area contributed by atoms with E-state index >= 15 is 0 Å². The van der Waals surface area contributed by atoms with E-state index < -0.39 is 24.2 Å². The van der Waals surface area contributed by atoms with Crippen LogP contribution in [-0.2, 0) is 4.79 Å². The second-order valence-corrected chi connectivity index (χ2v) is 16.0. The number of carbonyl (C=O) groups is 1. The number of hydrogen-bond donors (Lipinski definition) is 4. The first-order chi connectivity index (χ1) is 26.1. The minimum atomic E-state index is -1.10. The summed E-state index contributed by atoms with van der Waals surface area (Å²) in [7, 11) is 0. The summed E-state index contributed by atoms with van der Waals surface area (Å²) in [6.07, 6.45) is 54.9. The monoisotopic (exact) mass is 746 g/mol. The molecule has 0 rings (SSSR count). The van der Waals surface area contributed by atoms with Gasteiger partial charge in [0.25, 0.3) is 0 Å². The van der Waals surface area contributed by atoms with Crippen molar-refractivity contribution in [3.05, 3.63) is 36.5 Å². The van der Waals surface area contributed by atoms with Gasteiger partial charge >= 0.3 is 0 Å². The summed E-state index contributed by atoms with van der Waals surface area (Å²) in [6.45, 7) is 4.14. The number of aliphatic hydroxyl groups excluding tert-OH is 3. The Balaban J connectivity index is 3.54. The van der Waals surface area contributed by atoms with Gasteiger partial charge < -0.3 is 20.6 Å². The Hall–Kier alpha value is -1.43. The van der Waals surface area contributed by atoms with E-state index in [1.165, 1.54) is 180 Å². The van der Waals surface area contributed by atoms with Gasteiger partial charge in [0, 0.05) is 0 Å². The maximum Gasteiger partial charge on any atom is 0.249 e. The molecule has 0 aliphatic heterocycles. The molecule has 3 atom stereocenters. The molecule has 0 aromatic rings. The second kappa shape index (κ2) is 43.3. The van der Waals surface area contributed by atoms with E-state index in [1.54, 1.807) is 6.08 Å².